The molecule has 5 heteroatoms. The van der Waals surface area contributed by atoms with Crippen LogP contribution in [0.1, 0.15) is 25.7 Å². The molecule has 2 aliphatic rings. The highest BCUT2D eigenvalue weighted by atomic mass is 16.5. The molecule has 0 aromatic carbocycles. The van der Waals surface area contributed by atoms with Crippen LogP contribution in [0, 0.1) is 0 Å². The molecule has 2 unspecified atom stereocenters. The molecular weight excluding hydrogens is 208 g/mol. The maximum atomic E-state index is 11.7. The maximum Gasteiger partial charge on any atom is 0.249 e. The average molecular weight is 228 g/mol. The molecule has 3 N–H and O–H groups in total. The molecule has 2 aliphatic heterocycles. The Labute approximate surface area is 95.5 Å². The Morgan fingerprint density at radius 3 is 3.06 bits per heavy atom. The molecule has 16 heavy (non-hydrogen) atoms. The number of amides is 1. The lowest BCUT2D eigenvalue weighted by atomic mass is 10.0. The number of nitrogens with one attached hydrogen (secondary N) is 2. The molecule has 2 heterocycles. The van der Waals surface area contributed by atoms with Gasteiger partial charge < -0.3 is 20.5 Å². The first-order valence-corrected chi connectivity index (χ1v) is 6.02. The van der Waals surface area contributed by atoms with Crippen LogP contribution in [0.4, 0.5) is 0 Å². The lowest BCUT2D eigenvalue weighted by Crippen LogP contribution is -2.48. The fraction of sp³-hybridized carbons (Fsp3) is 0.909. The van der Waals surface area contributed by atoms with Crippen LogP contribution in [0.25, 0.3) is 0 Å². The molecule has 0 radical (unpaired) electrons. The van der Waals surface area contributed by atoms with E-state index in [1.165, 1.54) is 0 Å². The van der Waals surface area contributed by atoms with Gasteiger partial charge in [-0.1, -0.05) is 0 Å². The van der Waals surface area contributed by atoms with E-state index in [0.29, 0.717) is 26.1 Å². The summed E-state index contributed by atoms with van der Waals surface area (Å²) >= 11 is 0. The zero-order valence-corrected chi connectivity index (χ0v) is 9.50. The van der Waals surface area contributed by atoms with Crippen LogP contribution >= 0.6 is 0 Å². The van der Waals surface area contributed by atoms with Crippen molar-refractivity contribution in [3.8, 4) is 0 Å². The Kier molecular flexibility index (Phi) is 3.78. The van der Waals surface area contributed by atoms with Crippen LogP contribution in [0.2, 0.25) is 0 Å². The second-order valence-corrected chi connectivity index (χ2v) is 4.72. The highest BCUT2D eigenvalue weighted by Gasteiger charge is 2.32. The maximum absolute atomic E-state index is 11.7. The van der Waals surface area contributed by atoms with Crippen molar-refractivity contribution in [1.82, 2.24) is 10.6 Å². The van der Waals surface area contributed by atoms with Crippen molar-refractivity contribution in [3.05, 3.63) is 0 Å². The standard InChI is InChI=1S/C11H20N2O3/c14-10(9-3-1-2-6-16-9)13-8-11(15)4-5-12-7-11/h9,12,15H,1-8H2,(H,13,14). The second-order valence-electron chi connectivity index (χ2n) is 4.72. The topological polar surface area (TPSA) is 70.6 Å². The van der Waals surface area contributed by atoms with E-state index in [-0.39, 0.29) is 12.0 Å². The lowest BCUT2D eigenvalue weighted by molar-refractivity contribution is -0.136. The molecule has 0 spiro atoms. The van der Waals surface area contributed by atoms with Gasteiger partial charge >= 0.3 is 0 Å². The van der Waals surface area contributed by atoms with Crippen molar-refractivity contribution in [2.75, 3.05) is 26.2 Å². The van der Waals surface area contributed by atoms with Gasteiger partial charge in [0, 0.05) is 19.7 Å². The summed E-state index contributed by atoms with van der Waals surface area (Å²) in [6, 6.07) is 0. The summed E-state index contributed by atoms with van der Waals surface area (Å²) in [7, 11) is 0. The first-order chi connectivity index (χ1) is 7.70. The van der Waals surface area contributed by atoms with E-state index in [4.69, 9.17) is 4.74 Å². The van der Waals surface area contributed by atoms with Crippen LogP contribution in [-0.4, -0.2) is 49.0 Å². The van der Waals surface area contributed by atoms with Crippen molar-refractivity contribution in [3.63, 3.8) is 0 Å². The minimum absolute atomic E-state index is 0.0833. The van der Waals surface area contributed by atoms with Crippen molar-refractivity contribution in [1.29, 1.82) is 0 Å². The van der Waals surface area contributed by atoms with E-state index < -0.39 is 5.60 Å². The number of aliphatic hydroxyl groups is 1. The Morgan fingerprint density at radius 2 is 2.44 bits per heavy atom. The molecular formula is C11H20N2O3. The number of ether oxygens (including phenoxy) is 1. The zero-order valence-electron chi connectivity index (χ0n) is 9.50. The normalized spacial score (nSPS) is 34.9. The fourth-order valence-electron chi connectivity index (χ4n) is 2.19. The Hall–Kier alpha value is -0.650. The van der Waals surface area contributed by atoms with Gasteiger partial charge in [-0.05, 0) is 32.2 Å². The van der Waals surface area contributed by atoms with E-state index in [2.05, 4.69) is 10.6 Å². The van der Waals surface area contributed by atoms with Gasteiger partial charge in [0.05, 0.1) is 5.60 Å². The predicted molar refractivity (Wildman–Crippen MR) is 59.0 cm³/mol. The number of rotatable bonds is 3. The van der Waals surface area contributed by atoms with Crippen molar-refractivity contribution >= 4 is 5.91 Å². The van der Waals surface area contributed by atoms with E-state index in [0.717, 1.165) is 25.8 Å². The number of carbonyl (C=O) groups is 1. The molecule has 2 fully saturated rings. The third kappa shape index (κ3) is 2.93. The van der Waals surface area contributed by atoms with Gasteiger partial charge in [-0.3, -0.25) is 4.79 Å². The number of carbonyl (C=O) groups excluding carboxylic acids is 1. The van der Waals surface area contributed by atoms with Gasteiger partial charge in [-0.2, -0.15) is 0 Å². The van der Waals surface area contributed by atoms with E-state index in [9.17, 15) is 9.90 Å². The zero-order chi connectivity index (χ0) is 11.4. The molecule has 0 bridgehead atoms. The summed E-state index contributed by atoms with van der Waals surface area (Å²) in [6.07, 6.45) is 3.26. The quantitative estimate of drug-likeness (QED) is 0.603. The predicted octanol–water partition coefficient (Wildman–Crippen LogP) is -0.604. The minimum Gasteiger partial charge on any atom is -0.387 e. The third-order valence-corrected chi connectivity index (χ3v) is 3.28. The van der Waals surface area contributed by atoms with Crippen LogP contribution < -0.4 is 10.6 Å². The summed E-state index contributed by atoms with van der Waals surface area (Å²) in [5.41, 5.74) is -0.773. The SMILES string of the molecule is O=C(NCC1(O)CCNC1)C1CCCCO1. The monoisotopic (exact) mass is 228 g/mol. The van der Waals surface area contributed by atoms with E-state index >= 15 is 0 Å². The van der Waals surface area contributed by atoms with Gasteiger partial charge in [-0.25, -0.2) is 0 Å². The first-order valence-electron chi connectivity index (χ1n) is 6.02. The van der Waals surface area contributed by atoms with Crippen molar-refractivity contribution in [2.45, 2.75) is 37.4 Å². The van der Waals surface area contributed by atoms with Crippen molar-refractivity contribution in [2.24, 2.45) is 0 Å². The molecule has 0 aliphatic carbocycles. The summed E-state index contributed by atoms with van der Waals surface area (Å²) in [5.74, 6) is -0.0833. The van der Waals surface area contributed by atoms with Crippen LogP contribution in [-0.2, 0) is 9.53 Å². The van der Waals surface area contributed by atoms with Gasteiger partial charge in [0.1, 0.15) is 6.10 Å². The van der Waals surface area contributed by atoms with Crippen LogP contribution in [0.3, 0.4) is 0 Å². The smallest absolute Gasteiger partial charge is 0.249 e. The molecule has 0 aromatic rings. The lowest BCUT2D eigenvalue weighted by Gasteiger charge is -2.25. The molecule has 2 saturated heterocycles. The molecule has 1 amide bonds. The number of β-amino-alcohol motifs (C(OH)–C–C–N with tert-alkyl or cyclic N) is 1. The van der Waals surface area contributed by atoms with Crippen LogP contribution in [0.5, 0.6) is 0 Å². The number of hydrogen-bond acceptors (Lipinski definition) is 4. The van der Waals surface area contributed by atoms with Crippen molar-refractivity contribution < 1.29 is 14.6 Å². The molecule has 5 nitrogen and oxygen atoms in total. The molecule has 0 aromatic heterocycles. The molecule has 0 saturated carbocycles. The summed E-state index contributed by atoms with van der Waals surface area (Å²) in [6.45, 7) is 2.35. The molecule has 2 rings (SSSR count). The highest BCUT2D eigenvalue weighted by molar-refractivity contribution is 5.80. The minimum atomic E-state index is -0.773. The van der Waals surface area contributed by atoms with Gasteiger partial charge in [0.15, 0.2) is 0 Å². The number of hydrogen-bond donors (Lipinski definition) is 3. The van der Waals surface area contributed by atoms with Gasteiger partial charge in [0.2, 0.25) is 5.91 Å². The highest BCUT2D eigenvalue weighted by Crippen LogP contribution is 2.15. The summed E-state index contributed by atoms with van der Waals surface area (Å²) in [4.78, 5) is 11.7. The van der Waals surface area contributed by atoms with E-state index in [1.807, 2.05) is 0 Å². The van der Waals surface area contributed by atoms with Gasteiger partial charge in [-0.15, -0.1) is 0 Å². The third-order valence-electron chi connectivity index (χ3n) is 3.28. The summed E-state index contributed by atoms with van der Waals surface area (Å²) in [5, 5.41) is 15.9. The molecule has 2 atom stereocenters. The average Bonchev–Trinajstić information content (AvgIpc) is 2.75. The van der Waals surface area contributed by atoms with E-state index in [1.54, 1.807) is 0 Å². The fourth-order valence-corrected chi connectivity index (χ4v) is 2.19. The molecule has 92 valence electrons. The Bertz CT molecular complexity index is 246. The van der Waals surface area contributed by atoms with Crippen LogP contribution in [0.15, 0.2) is 0 Å². The Balaban J connectivity index is 1.74. The second kappa shape index (κ2) is 5.12. The summed E-state index contributed by atoms with van der Waals surface area (Å²) < 4.78 is 5.38. The largest absolute Gasteiger partial charge is 0.387 e. The first kappa shape index (κ1) is 11.8. The van der Waals surface area contributed by atoms with Gasteiger partial charge in [0.25, 0.3) is 0 Å². The Morgan fingerprint density at radius 1 is 1.56 bits per heavy atom.